The number of nitrogens with one attached hydrogen (secondary N) is 1. The standard InChI is InChI=1S/C21H26N2O3S/c1-4-13-5-6-14-17(10-22)20(27-18(14)9-13)23-19(24)15-7-11(2)12(3)8-16(15)21(25)26/h13,15-16H,4-9H2,1-3H3,(H,23,24)(H,25,26)/t13-,15+,16-/m1/s1. The summed E-state index contributed by atoms with van der Waals surface area (Å²) in [6.45, 7) is 6.08. The lowest BCUT2D eigenvalue weighted by molar-refractivity contribution is -0.146. The Hall–Kier alpha value is -2.13. The molecule has 0 unspecified atom stereocenters. The molecule has 0 saturated heterocycles. The lowest BCUT2D eigenvalue weighted by Gasteiger charge is -2.29. The van der Waals surface area contributed by atoms with Crippen LogP contribution in [-0.4, -0.2) is 17.0 Å². The van der Waals surface area contributed by atoms with Crippen LogP contribution in [0.4, 0.5) is 5.00 Å². The molecule has 144 valence electrons. The molecule has 27 heavy (non-hydrogen) atoms. The molecule has 0 radical (unpaired) electrons. The molecule has 1 heterocycles. The number of amides is 1. The summed E-state index contributed by atoms with van der Waals surface area (Å²) >= 11 is 1.50. The fourth-order valence-electron chi connectivity index (χ4n) is 4.24. The molecule has 1 aromatic rings. The number of carboxylic acid groups (broad SMARTS) is 1. The number of nitrogens with zero attached hydrogens (tertiary/aromatic N) is 1. The van der Waals surface area contributed by atoms with E-state index >= 15 is 0 Å². The molecule has 2 aliphatic rings. The second-order valence-electron chi connectivity index (χ2n) is 7.85. The van der Waals surface area contributed by atoms with Crippen molar-refractivity contribution in [2.24, 2.45) is 17.8 Å². The van der Waals surface area contributed by atoms with Crippen LogP contribution in [0.25, 0.3) is 0 Å². The Balaban J connectivity index is 1.85. The molecular formula is C21H26N2O3S. The number of hydrogen-bond acceptors (Lipinski definition) is 4. The SMILES string of the molecule is CC[C@@H]1CCc2c(sc(NC(=O)[C@H]3CC(C)=C(C)C[C@H]3C(=O)O)c2C#N)C1. The fourth-order valence-corrected chi connectivity index (χ4v) is 5.56. The maximum Gasteiger partial charge on any atom is 0.307 e. The minimum atomic E-state index is -0.932. The summed E-state index contributed by atoms with van der Waals surface area (Å²) in [5.41, 5.74) is 3.79. The third-order valence-electron chi connectivity index (χ3n) is 6.21. The van der Waals surface area contributed by atoms with E-state index in [1.165, 1.54) is 16.2 Å². The number of rotatable bonds is 4. The van der Waals surface area contributed by atoms with Crippen LogP contribution in [0.1, 0.15) is 62.5 Å². The van der Waals surface area contributed by atoms with Gasteiger partial charge in [-0.25, -0.2) is 0 Å². The predicted molar refractivity (Wildman–Crippen MR) is 106 cm³/mol. The van der Waals surface area contributed by atoms with Crippen LogP contribution in [-0.2, 0) is 22.4 Å². The molecule has 1 aromatic heterocycles. The van der Waals surface area contributed by atoms with Crippen molar-refractivity contribution >= 4 is 28.2 Å². The molecule has 0 aliphatic heterocycles. The van der Waals surface area contributed by atoms with Gasteiger partial charge in [0.05, 0.1) is 17.4 Å². The molecule has 3 atom stereocenters. The van der Waals surface area contributed by atoms with Gasteiger partial charge >= 0.3 is 5.97 Å². The van der Waals surface area contributed by atoms with Gasteiger partial charge in [0.1, 0.15) is 11.1 Å². The molecule has 6 heteroatoms. The number of thiophene rings is 1. The largest absolute Gasteiger partial charge is 0.481 e. The van der Waals surface area contributed by atoms with E-state index in [2.05, 4.69) is 18.3 Å². The highest BCUT2D eigenvalue weighted by Gasteiger charge is 2.38. The third-order valence-corrected chi connectivity index (χ3v) is 7.38. The molecule has 0 spiro atoms. The number of carbonyl (C=O) groups excluding carboxylic acids is 1. The van der Waals surface area contributed by atoms with Crippen LogP contribution >= 0.6 is 11.3 Å². The van der Waals surface area contributed by atoms with Crippen molar-refractivity contribution in [3.05, 3.63) is 27.2 Å². The first-order chi connectivity index (χ1) is 12.8. The van der Waals surface area contributed by atoms with Crippen molar-refractivity contribution in [1.29, 1.82) is 5.26 Å². The predicted octanol–water partition coefficient (Wildman–Crippen LogP) is 4.52. The first kappa shape index (κ1) is 19.6. The minimum absolute atomic E-state index is 0.281. The van der Waals surface area contributed by atoms with Gasteiger partial charge in [0.2, 0.25) is 5.91 Å². The van der Waals surface area contributed by atoms with E-state index in [0.717, 1.165) is 42.4 Å². The van der Waals surface area contributed by atoms with Gasteiger partial charge in [-0.3, -0.25) is 9.59 Å². The Morgan fingerprint density at radius 3 is 2.48 bits per heavy atom. The molecule has 1 amide bonds. The quantitative estimate of drug-likeness (QED) is 0.744. The van der Waals surface area contributed by atoms with E-state index in [1.54, 1.807) is 0 Å². The zero-order valence-corrected chi connectivity index (χ0v) is 16.9. The Morgan fingerprint density at radius 2 is 1.89 bits per heavy atom. The molecule has 2 N–H and O–H groups in total. The van der Waals surface area contributed by atoms with Gasteiger partial charge < -0.3 is 10.4 Å². The van der Waals surface area contributed by atoms with Crippen LogP contribution in [0.5, 0.6) is 0 Å². The number of nitriles is 1. The van der Waals surface area contributed by atoms with E-state index in [9.17, 15) is 20.0 Å². The van der Waals surface area contributed by atoms with Crippen LogP contribution < -0.4 is 5.32 Å². The summed E-state index contributed by atoms with van der Waals surface area (Å²) in [6, 6.07) is 2.26. The monoisotopic (exact) mass is 386 g/mol. The Bertz CT molecular complexity index is 846. The highest BCUT2D eigenvalue weighted by molar-refractivity contribution is 7.16. The highest BCUT2D eigenvalue weighted by atomic mass is 32.1. The first-order valence-corrected chi connectivity index (χ1v) is 10.4. The van der Waals surface area contributed by atoms with E-state index < -0.39 is 17.8 Å². The van der Waals surface area contributed by atoms with Gasteiger partial charge in [-0.1, -0.05) is 24.5 Å². The van der Waals surface area contributed by atoms with Crippen molar-refractivity contribution in [3.8, 4) is 6.07 Å². The third kappa shape index (κ3) is 3.79. The molecule has 0 bridgehead atoms. The highest BCUT2D eigenvalue weighted by Crippen LogP contribution is 2.41. The van der Waals surface area contributed by atoms with Gasteiger partial charge in [0.15, 0.2) is 0 Å². The molecule has 2 aliphatic carbocycles. The maximum absolute atomic E-state index is 12.9. The van der Waals surface area contributed by atoms with Gasteiger partial charge in [-0.15, -0.1) is 11.3 Å². The lowest BCUT2D eigenvalue weighted by atomic mass is 9.76. The van der Waals surface area contributed by atoms with Crippen molar-refractivity contribution < 1.29 is 14.7 Å². The van der Waals surface area contributed by atoms with E-state index in [1.807, 2.05) is 13.8 Å². The van der Waals surface area contributed by atoms with Crippen LogP contribution in [0, 0.1) is 29.1 Å². The van der Waals surface area contributed by atoms with Gasteiger partial charge in [0, 0.05) is 4.88 Å². The van der Waals surface area contributed by atoms with Crippen molar-refractivity contribution in [1.82, 2.24) is 0 Å². The lowest BCUT2D eigenvalue weighted by Crippen LogP contribution is -2.36. The zero-order valence-electron chi connectivity index (χ0n) is 16.1. The summed E-state index contributed by atoms with van der Waals surface area (Å²) < 4.78 is 0. The summed E-state index contributed by atoms with van der Waals surface area (Å²) in [6.07, 6.45) is 4.90. The topological polar surface area (TPSA) is 90.2 Å². The Labute approximate surface area is 164 Å². The van der Waals surface area contributed by atoms with Crippen molar-refractivity contribution in [2.45, 2.75) is 59.3 Å². The zero-order chi connectivity index (χ0) is 19.7. The number of carboxylic acids is 1. The second-order valence-corrected chi connectivity index (χ2v) is 8.95. The average Bonchev–Trinajstić information content (AvgIpc) is 2.98. The number of aliphatic carboxylic acids is 1. The molecule has 0 saturated carbocycles. The summed E-state index contributed by atoms with van der Waals surface area (Å²) in [7, 11) is 0. The maximum atomic E-state index is 12.9. The molecule has 0 aromatic carbocycles. The van der Waals surface area contributed by atoms with E-state index in [0.29, 0.717) is 29.3 Å². The van der Waals surface area contributed by atoms with Gasteiger partial charge in [-0.05, 0) is 57.4 Å². The number of allylic oxidation sites excluding steroid dienone is 2. The van der Waals surface area contributed by atoms with Gasteiger partial charge in [-0.2, -0.15) is 5.26 Å². The fraction of sp³-hybridized carbons (Fsp3) is 0.571. The van der Waals surface area contributed by atoms with E-state index in [4.69, 9.17) is 0 Å². The summed E-state index contributed by atoms with van der Waals surface area (Å²) in [4.78, 5) is 25.8. The average molecular weight is 387 g/mol. The molecule has 3 rings (SSSR count). The minimum Gasteiger partial charge on any atom is -0.481 e. The van der Waals surface area contributed by atoms with E-state index in [-0.39, 0.29) is 5.91 Å². The van der Waals surface area contributed by atoms with Crippen molar-refractivity contribution in [2.75, 3.05) is 5.32 Å². The first-order valence-electron chi connectivity index (χ1n) is 9.59. The van der Waals surface area contributed by atoms with Crippen LogP contribution in [0.2, 0.25) is 0 Å². The Morgan fingerprint density at radius 1 is 1.22 bits per heavy atom. The Kier molecular flexibility index (Phi) is 5.71. The summed E-state index contributed by atoms with van der Waals surface area (Å²) in [5.74, 6) is -1.88. The van der Waals surface area contributed by atoms with Crippen LogP contribution in [0.15, 0.2) is 11.1 Å². The van der Waals surface area contributed by atoms with Crippen LogP contribution in [0.3, 0.4) is 0 Å². The molecule has 0 fully saturated rings. The van der Waals surface area contributed by atoms with Gasteiger partial charge in [0.25, 0.3) is 0 Å². The normalized spacial score (nSPS) is 24.9. The number of fused-ring (bicyclic) bond motifs is 1. The number of hydrogen-bond donors (Lipinski definition) is 2. The second kappa shape index (κ2) is 7.85. The number of carbonyl (C=O) groups is 2. The molecular weight excluding hydrogens is 360 g/mol. The number of anilines is 1. The summed E-state index contributed by atoms with van der Waals surface area (Å²) in [5, 5.41) is 22.7. The van der Waals surface area contributed by atoms with Crippen molar-refractivity contribution in [3.63, 3.8) is 0 Å². The molecule has 5 nitrogen and oxygen atoms in total. The smallest absolute Gasteiger partial charge is 0.307 e.